The molecular weight excluding hydrogens is 370 g/mol. The van der Waals surface area contributed by atoms with E-state index in [-0.39, 0.29) is 22.8 Å². The molecule has 5 nitrogen and oxygen atoms in total. The zero-order valence-corrected chi connectivity index (χ0v) is 17.6. The summed E-state index contributed by atoms with van der Waals surface area (Å²) < 4.78 is 1.63. The molecule has 1 N–H and O–H groups in total. The van der Waals surface area contributed by atoms with E-state index in [9.17, 15) is 9.59 Å². The Labute approximate surface area is 169 Å². The summed E-state index contributed by atoms with van der Waals surface area (Å²) in [5.74, 6) is -0.0741. The molecule has 1 atom stereocenters. The Kier molecular flexibility index (Phi) is 5.89. The molecule has 0 radical (unpaired) electrons. The average molecular weight is 396 g/mol. The lowest BCUT2D eigenvalue weighted by molar-refractivity contribution is -0.120. The van der Waals surface area contributed by atoms with Crippen molar-refractivity contribution < 1.29 is 4.79 Å². The number of aryl methyl sites for hydroxylation is 2. The lowest BCUT2D eigenvalue weighted by Gasteiger charge is -2.18. The summed E-state index contributed by atoms with van der Waals surface area (Å²) in [4.78, 5) is 30.5. The van der Waals surface area contributed by atoms with Crippen LogP contribution in [0, 0.1) is 13.8 Å². The van der Waals surface area contributed by atoms with E-state index in [1.165, 1.54) is 11.8 Å². The molecule has 2 aromatic carbocycles. The third kappa shape index (κ3) is 4.12. The molecule has 0 saturated heterocycles. The number of hydrogen-bond donors (Lipinski definition) is 1. The van der Waals surface area contributed by atoms with Crippen LogP contribution in [0.5, 0.6) is 0 Å². The highest BCUT2D eigenvalue weighted by molar-refractivity contribution is 8.00. The van der Waals surface area contributed by atoms with Gasteiger partial charge >= 0.3 is 0 Å². The number of benzene rings is 2. The minimum Gasteiger partial charge on any atom is -0.353 e. The van der Waals surface area contributed by atoms with Gasteiger partial charge in [-0.05, 0) is 63.9 Å². The molecule has 6 heteroatoms. The van der Waals surface area contributed by atoms with Crippen LogP contribution in [0.25, 0.3) is 16.6 Å². The molecule has 0 aliphatic heterocycles. The Hall–Kier alpha value is -2.60. The summed E-state index contributed by atoms with van der Waals surface area (Å²) in [7, 11) is 0. The molecule has 3 rings (SSSR count). The molecule has 0 aliphatic rings. The number of para-hydroxylation sites is 1. The summed E-state index contributed by atoms with van der Waals surface area (Å²) >= 11 is 1.30. The van der Waals surface area contributed by atoms with Crippen LogP contribution in [0.2, 0.25) is 0 Å². The van der Waals surface area contributed by atoms with Crippen molar-refractivity contribution >= 4 is 28.6 Å². The SMILES string of the molecule is Cc1ccc(C)c(-n2c(S[C@H](C)C(=O)NC(C)C)nc3ccccc3c2=O)c1. The number of aromatic nitrogens is 2. The van der Waals surface area contributed by atoms with Crippen molar-refractivity contribution in [2.24, 2.45) is 0 Å². The van der Waals surface area contributed by atoms with Gasteiger partial charge in [-0.1, -0.05) is 36.0 Å². The number of carbonyl (C=O) groups is 1. The number of hydrogen-bond acceptors (Lipinski definition) is 4. The zero-order valence-electron chi connectivity index (χ0n) is 16.8. The molecule has 3 aromatic rings. The van der Waals surface area contributed by atoms with Crippen molar-refractivity contribution in [3.05, 3.63) is 63.9 Å². The van der Waals surface area contributed by atoms with E-state index in [1.807, 2.05) is 71.0 Å². The van der Waals surface area contributed by atoms with E-state index >= 15 is 0 Å². The Balaban J connectivity index is 2.19. The first-order valence-corrected chi connectivity index (χ1v) is 10.2. The average Bonchev–Trinajstić information content (AvgIpc) is 2.64. The lowest BCUT2D eigenvalue weighted by Crippen LogP contribution is -2.36. The molecule has 0 aliphatic carbocycles. The highest BCUT2D eigenvalue weighted by atomic mass is 32.2. The normalized spacial score (nSPS) is 12.4. The summed E-state index contributed by atoms with van der Waals surface area (Å²) in [6.07, 6.45) is 0. The number of nitrogens with zero attached hydrogens (tertiary/aromatic N) is 2. The molecule has 1 aromatic heterocycles. The summed E-state index contributed by atoms with van der Waals surface area (Å²) in [5.41, 5.74) is 3.33. The van der Waals surface area contributed by atoms with E-state index in [4.69, 9.17) is 4.98 Å². The maximum atomic E-state index is 13.4. The van der Waals surface area contributed by atoms with Crippen LogP contribution >= 0.6 is 11.8 Å². The first-order chi connectivity index (χ1) is 13.3. The van der Waals surface area contributed by atoms with Gasteiger partial charge in [0, 0.05) is 6.04 Å². The molecule has 1 heterocycles. The fourth-order valence-electron chi connectivity index (χ4n) is 2.98. The smallest absolute Gasteiger partial charge is 0.266 e. The van der Waals surface area contributed by atoms with Gasteiger partial charge in [-0.15, -0.1) is 0 Å². The number of amides is 1. The molecule has 0 saturated carbocycles. The van der Waals surface area contributed by atoms with Crippen LogP contribution in [0.1, 0.15) is 31.9 Å². The van der Waals surface area contributed by atoms with Crippen molar-refractivity contribution in [3.8, 4) is 5.69 Å². The van der Waals surface area contributed by atoms with Crippen molar-refractivity contribution in [3.63, 3.8) is 0 Å². The summed E-state index contributed by atoms with van der Waals surface area (Å²) in [6, 6.07) is 13.4. The summed E-state index contributed by atoms with van der Waals surface area (Å²) in [5, 5.41) is 3.62. The van der Waals surface area contributed by atoms with Gasteiger partial charge in [-0.3, -0.25) is 14.2 Å². The van der Waals surface area contributed by atoms with Crippen molar-refractivity contribution in [2.75, 3.05) is 0 Å². The highest BCUT2D eigenvalue weighted by Crippen LogP contribution is 2.27. The monoisotopic (exact) mass is 395 g/mol. The number of carbonyl (C=O) groups excluding carboxylic acids is 1. The lowest BCUT2D eigenvalue weighted by atomic mass is 10.1. The fraction of sp³-hybridized carbons (Fsp3) is 0.318. The minimum atomic E-state index is -0.383. The fourth-order valence-corrected chi connectivity index (χ4v) is 3.91. The van der Waals surface area contributed by atoms with Crippen LogP contribution in [-0.2, 0) is 4.79 Å². The maximum Gasteiger partial charge on any atom is 0.266 e. The van der Waals surface area contributed by atoms with Crippen LogP contribution in [0.15, 0.2) is 52.4 Å². The van der Waals surface area contributed by atoms with Crippen LogP contribution in [0.4, 0.5) is 0 Å². The largest absolute Gasteiger partial charge is 0.353 e. The van der Waals surface area contributed by atoms with E-state index in [0.717, 1.165) is 16.8 Å². The number of nitrogens with one attached hydrogen (secondary N) is 1. The molecule has 28 heavy (non-hydrogen) atoms. The second kappa shape index (κ2) is 8.19. The van der Waals surface area contributed by atoms with Crippen LogP contribution < -0.4 is 10.9 Å². The van der Waals surface area contributed by atoms with Crippen molar-refractivity contribution in [1.29, 1.82) is 0 Å². The minimum absolute atomic E-state index is 0.0568. The van der Waals surface area contributed by atoms with Crippen molar-refractivity contribution in [2.45, 2.75) is 51.1 Å². The van der Waals surface area contributed by atoms with Gasteiger partial charge in [0.25, 0.3) is 5.56 Å². The predicted molar refractivity (Wildman–Crippen MR) is 115 cm³/mol. The topological polar surface area (TPSA) is 64.0 Å². The first kappa shape index (κ1) is 20.1. The third-order valence-electron chi connectivity index (χ3n) is 4.43. The van der Waals surface area contributed by atoms with E-state index in [0.29, 0.717) is 16.1 Å². The summed E-state index contributed by atoms with van der Waals surface area (Å²) in [6.45, 7) is 9.65. The molecule has 1 amide bonds. The first-order valence-electron chi connectivity index (χ1n) is 9.34. The molecular formula is C22H25N3O2S. The van der Waals surface area contributed by atoms with Gasteiger partial charge < -0.3 is 5.32 Å². The Morgan fingerprint density at radius 2 is 1.82 bits per heavy atom. The molecule has 0 spiro atoms. The van der Waals surface area contributed by atoms with Crippen molar-refractivity contribution in [1.82, 2.24) is 14.9 Å². The number of thioether (sulfide) groups is 1. The Morgan fingerprint density at radius 3 is 2.54 bits per heavy atom. The quantitative estimate of drug-likeness (QED) is 0.524. The second-order valence-electron chi connectivity index (χ2n) is 7.27. The van der Waals surface area contributed by atoms with Gasteiger partial charge in [-0.2, -0.15) is 0 Å². The van der Waals surface area contributed by atoms with E-state index in [2.05, 4.69) is 5.32 Å². The number of fused-ring (bicyclic) bond motifs is 1. The third-order valence-corrected chi connectivity index (χ3v) is 5.49. The predicted octanol–water partition coefficient (Wildman–Crippen LogP) is 4.01. The number of rotatable bonds is 5. The van der Waals surface area contributed by atoms with Crippen LogP contribution in [0.3, 0.4) is 0 Å². The standard InChI is InChI=1S/C22H25N3O2S/c1-13(2)23-20(26)16(5)28-22-24-18-9-7-6-8-17(18)21(27)25(22)19-12-14(3)10-11-15(19)4/h6-13,16H,1-5H3,(H,23,26)/t16-/m1/s1. The molecule has 146 valence electrons. The molecule has 0 unspecified atom stereocenters. The van der Waals surface area contributed by atoms with E-state index in [1.54, 1.807) is 10.6 Å². The zero-order chi connectivity index (χ0) is 20.4. The van der Waals surface area contributed by atoms with Gasteiger partial charge in [-0.25, -0.2) is 4.98 Å². The van der Waals surface area contributed by atoms with Gasteiger partial charge in [0.05, 0.1) is 21.8 Å². The van der Waals surface area contributed by atoms with E-state index < -0.39 is 0 Å². The van der Waals surface area contributed by atoms with Crippen LogP contribution in [-0.4, -0.2) is 26.8 Å². The second-order valence-corrected chi connectivity index (χ2v) is 8.57. The maximum absolute atomic E-state index is 13.4. The highest BCUT2D eigenvalue weighted by Gasteiger charge is 2.21. The van der Waals surface area contributed by atoms with Gasteiger partial charge in [0.1, 0.15) is 0 Å². The molecule has 0 bridgehead atoms. The van der Waals surface area contributed by atoms with Gasteiger partial charge in [0.15, 0.2) is 5.16 Å². The molecule has 0 fully saturated rings. The Bertz CT molecular complexity index is 1090. The van der Waals surface area contributed by atoms with Gasteiger partial charge in [0.2, 0.25) is 5.91 Å². The Morgan fingerprint density at radius 1 is 1.11 bits per heavy atom.